The topological polar surface area (TPSA) is 107 Å². The second kappa shape index (κ2) is 10.8. The van der Waals surface area contributed by atoms with Crippen LogP contribution in [0.4, 0.5) is 14.6 Å². The summed E-state index contributed by atoms with van der Waals surface area (Å²) >= 11 is 0. The molecule has 4 atom stereocenters. The molecule has 2 aromatic heterocycles. The molecule has 4 aromatic rings. The third-order valence-electron chi connectivity index (χ3n) is 10.1. The molecule has 4 fully saturated rings. The van der Waals surface area contributed by atoms with Crippen molar-refractivity contribution < 1.29 is 26.5 Å². The molecule has 0 spiro atoms. The van der Waals surface area contributed by atoms with Gasteiger partial charge in [-0.1, -0.05) is 12.0 Å². The van der Waals surface area contributed by atoms with Crippen molar-refractivity contribution in [1.82, 2.24) is 25.2 Å². The third kappa shape index (κ3) is 4.49. The molecule has 8 rings (SSSR count). The Kier molecular flexibility index (Phi) is 6.25. The van der Waals surface area contributed by atoms with Crippen LogP contribution in [0.3, 0.4) is 0 Å². The van der Waals surface area contributed by atoms with E-state index in [1.54, 1.807) is 0 Å². The van der Waals surface area contributed by atoms with E-state index in [4.69, 9.17) is 16.1 Å². The lowest BCUT2D eigenvalue weighted by molar-refractivity contribution is 0.0644. The quantitative estimate of drug-likeness (QED) is 0.277. The Morgan fingerprint density at radius 2 is 1.89 bits per heavy atom. The van der Waals surface area contributed by atoms with Gasteiger partial charge < -0.3 is 25.2 Å². The van der Waals surface area contributed by atoms with Gasteiger partial charge in [0.05, 0.1) is 31.4 Å². The molecule has 3 N–H and O–H groups in total. The standard InChI is InChI=1S/C34H34F2N6O3/c1-2-22-23-7-9-27(44)28(24(23)6-8-26(22)35)31-29(36)30-25(14-37-31)32(41-15-19-4-5-20(16-41)38-19)40-33(39-30)45-18-34-11-3-13-42(34)21(17-43)10-12-34/h1,6-9,14,19-21,38,43-44H,3-5,10-13,15-18H2/t19-,20+,21?,34?/i18D2. The normalized spacial score (nSPS) is 27.1. The summed E-state index contributed by atoms with van der Waals surface area (Å²) in [4.78, 5) is 17.7. The number of phenolic OH excluding ortho intramolecular Hbond substituents is 1. The van der Waals surface area contributed by atoms with Gasteiger partial charge in [0.15, 0.2) is 5.82 Å². The average molecular weight is 615 g/mol. The van der Waals surface area contributed by atoms with Gasteiger partial charge in [0, 0.05) is 42.8 Å². The first kappa shape index (κ1) is 26.1. The Morgan fingerprint density at radius 1 is 1.09 bits per heavy atom. The number of nitrogens with zero attached hydrogens (tertiary/aromatic N) is 5. The van der Waals surface area contributed by atoms with Crippen LogP contribution < -0.4 is 15.0 Å². The number of ether oxygens (including phenoxy) is 1. The van der Waals surface area contributed by atoms with Crippen LogP contribution in [0.5, 0.6) is 11.8 Å². The summed E-state index contributed by atoms with van der Waals surface area (Å²) in [5.41, 5.74) is -1.34. The highest BCUT2D eigenvalue weighted by Crippen LogP contribution is 2.44. The van der Waals surface area contributed by atoms with Gasteiger partial charge in [-0.05, 0) is 68.7 Å². The zero-order valence-electron chi connectivity index (χ0n) is 26.6. The smallest absolute Gasteiger partial charge is 0.319 e. The summed E-state index contributed by atoms with van der Waals surface area (Å²) in [5, 5.41) is 25.5. The van der Waals surface area contributed by atoms with Crippen molar-refractivity contribution in [2.45, 2.75) is 62.2 Å². The van der Waals surface area contributed by atoms with Crippen LogP contribution in [0, 0.1) is 24.0 Å². The summed E-state index contributed by atoms with van der Waals surface area (Å²) in [5.74, 6) is 0.960. The maximum atomic E-state index is 16.9. The summed E-state index contributed by atoms with van der Waals surface area (Å²) in [6.45, 7) is -0.462. The molecular formula is C34H34F2N6O3. The minimum atomic E-state index is -2.25. The van der Waals surface area contributed by atoms with Gasteiger partial charge in [-0.3, -0.25) is 9.88 Å². The zero-order valence-corrected chi connectivity index (χ0v) is 24.6. The molecule has 232 valence electrons. The molecule has 0 aliphatic carbocycles. The number of anilines is 1. The third-order valence-corrected chi connectivity index (χ3v) is 10.1. The zero-order chi connectivity index (χ0) is 32.7. The van der Waals surface area contributed by atoms with Crippen molar-refractivity contribution in [2.75, 3.05) is 37.7 Å². The minimum Gasteiger partial charge on any atom is -0.507 e. The van der Waals surface area contributed by atoms with Gasteiger partial charge >= 0.3 is 6.01 Å². The first-order valence-corrected chi connectivity index (χ1v) is 15.5. The van der Waals surface area contributed by atoms with E-state index in [2.05, 4.69) is 21.2 Å². The fraction of sp³-hybridized carbons (Fsp3) is 0.441. The van der Waals surface area contributed by atoms with E-state index in [-0.39, 0.29) is 58.8 Å². The van der Waals surface area contributed by atoms with Crippen LogP contribution in [0.15, 0.2) is 30.5 Å². The number of aromatic hydroxyl groups is 1. The molecular weight excluding hydrogens is 578 g/mol. The van der Waals surface area contributed by atoms with Gasteiger partial charge in [0.1, 0.15) is 35.2 Å². The fourth-order valence-corrected chi connectivity index (χ4v) is 7.97. The lowest BCUT2D eigenvalue weighted by Gasteiger charge is -2.35. The number of hydrogen-bond donors (Lipinski definition) is 3. The number of benzene rings is 2. The number of piperazine rings is 1. The highest BCUT2D eigenvalue weighted by atomic mass is 19.1. The number of aliphatic hydroxyl groups excluding tert-OH is 1. The molecule has 2 aromatic carbocycles. The van der Waals surface area contributed by atoms with Crippen LogP contribution in [0.2, 0.25) is 0 Å². The van der Waals surface area contributed by atoms with E-state index in [0.717, 1.165) is 19.3 Å². The van der Waals surface area contributed by atoms with E-state index >= 15 is 4.39 Å². The Balaban J connectivity index is 1.29. The Labute approximate surface area is 262 Å². The van der Waals surface area contributed by atoms with Gasteiger partial charge in [-0.25, -0.2) is 8.78 Å². The van der Waals surface area contributed by atoms with Crippen molar-refractivity contribution in [3.8, 4) is 35.4 Å². The predicted octanol–water partition coefficient (Wildman–Crippen LogP) is 4.12. The Morgan fingerprint density at radius 3 is 2.67 bits per heavy atom. The number of pyridine rings is 1. The maximum absolute atomic E-state index is 16.9. The molecule has 2 bridgehead atoms. The first-order chi connectivity index (χ1) is 22.6. The van der Waals surface area contributed by atoms with E-state index < -0.39 is 23.7 Å². The van der Waals surface area contributed by atoms with Crippen molar-refractivity contribution in [1.29, 1.82) is 0 Å². The number of nitrogens with one attached hydrogen (secondary N) is 1. The molecule has 0 saturated carbocycles. The monoisotopic (exact) mass is 614 g/mol. The van der Waals surface area contributed by atoms with Gasteiger partial charge in [0.25, 0.3) is 0 Å². The van der Waals surface area contributed by atoms with Crippen molar-refractivity contribution >= 4 is 27.5 Å². The second-order valence-corrected chi connectivity index (χ2v) is 12.6. The summed E-state index contributed by atoms with van der Waals surface area (Å²) in [7, 11) is 0. The Bertz CT molecular complexity index is 1960. The molecule has 11 heteroatoms. The molecule has 0 radical (unpaired) electrons. The lowest BCUT2D eigenvalue weighted by Crippen LogP contribution is -2.51. The predicted molar refractivity (Wildman–Crippen MR) is 166 cm³/mol. The summed E-state index contributed by atoms with van der Waals surface area (Å²) < 4.78 is 55.9. The molecule has 4 aliphatic rings. The van der Waals surface area contributed by atoms with Crippen LogP contribution in [-0.4, -0.2) is 86.5 Å². The molecule has 9 nitrogen and oxygen atoms in total. The Hall–Kier alpha value is -4.11. The van der Waals surface area contributed by atoms with E-state index in [9.17, 15) is 17.3 Å². The number of aliphatic hydroxyl groups is 1. The van der Waals surface area contributed by atoms with Crippen LogP contribution in [-0.2, 0) is 0 Å². The summed E-state index contributed by atoms with van der Waals surface area (Å²) in [6, 6.07) is 5.37. The van der Waals surface area contributed by atoms with Crippen molar-refractivity contribution in [3.63, 3.8) is 0 Å². The van der Waals surface area contributed by atoms with Crippen molar-refractivity contribution in [3.05, 3.63) is 47.7 Å². The van der Waals surface area contributed by atoms with Gasteiger partial charge in [-0.15, -0.1) is 6.42 Å². The largest absolute Gasteiger partial charge is 0.507 e. The maximum Gasteiger partial charge on any atom is 0.319 e. The first-order valence-electron chi connectivity index (χ1n) is 16.5. The van der Waals surface area contributed by atoms with Crippen molar-refractivity contribution in [2.24, 2.45) is 0 Å². The number of rotatable bonds is 6. The van der Waals surface area contributed by atoms with Crippen LogP contribution in [0.1, 0.15) is 46.8 Å². The fourth-order valence-electron chi connectivity index (χ4n) is 7.97. The number of fused-ring (bicyclic) bond motifs is 5. The van der Waals surface area contributed by atoms with Gasteiger partial charge in [-0.2, -0.15) is 9.97 Å². The number of halogens is 2. The van der Waals surface area contributed by atoms with E-state index in [0.29, 0.717) is 60.9 Å². The molecule has 6 heterocycles. The second-order valence-electron chi connectivity index (χ2n) is 12.6. The van der Waals surface area contributed by atoms with E-state index in [1.807, 2.05) is 9.80 Å². The highest BCUT2D eigenvalue weighted by Gasteiger charge is 2.49. The number of terminal acetylenes is 1. The summed E-state index contributed by atoms with van der Waals surface area (Å²) in [6.07, 6.45) is 11.5. The molecule has 4 saturated heterocycles. The van der Waals surface area contributed by atoms with E-state index in [1.165, 1.54) is 30.5 Å². The van der Waals surface area contributed by atoms with Crippen LogP contribution >= 0.6 is 0 Å². The average Bonchev–Trinajstić information content (AvgIpc) is 3.75. The highest BCUT2D eigenvalue weighted by molar-refractivity contribution is 6.03. The molecule has 2 unspecified atom stereocenters. The minimum absolute atomic E-state index is 0.0171. The number of aromatic nitrogens is 3. The SMILES string of the molecule is [2H]C([2H])(Oc1nc(N2C[C@H]3CC[C@@H](C2)N3)c2cnc(-c3c(O)ccc4c(C#C)c(F)ccc34)c(F)c2n1)C12CCCN1C(CO)CC2. The molecule has 0 amide bonds. The number of phenols is 1. The molecule has 45 heavy (non-hydrogen) atoms. The molecule has 4 aliphatic heterocycles. The van der Waals surface area contributed by atoms with Crippen LogP contribution in [0.25, 0.3) is 32.9 Å². The number of hydrogen-bond acceptors (Lipinski definition) is 9. The van der Waals surface area contributed by atoms with Gasteiger partial charge in [0.2, 0.25) is 0 Å². The lowest BCUT2D eigenvalue weighted by atomic mass is 9.95.